The zero-order valence-corrected chi connectivity index (χ0v) is 8.27. The Morgan fingerprint density at radius 3 is 2.69 bits per heavy atom. The number of nitrogens with two attached hydrogens (primary N) is 1. The Morgan fingerprint density at radius 2 is 2.23 bits per heavy atom. The van der Waals surface area contributed by atoms with Crippen LogP contribution in [-0.2, 0) is 0 Å². The molecule has 1 unspecified atom stereocenters. The Balaban J connectivity index is 2.67. The van der Waals surface area contributed by atoms with Crippen LogP contribution in [0.2, 0.25) is 0 Å². The molecule has 3 nitrogen and oxygen atoms in total. The summed E-state index contributed by atoms with van der Waals surface area (Å²) >= 11 is 0. The van der Waals surface area contributed by atoms with E-state index in [1.165, 1.54) is 0 Å². The summed E-state index contributed by atoms with van der Waals surface area (Å²) in [6.45, 7) is 1.60. The van der Waals surface area contributed by atoms with Crippen molar-refractivity contribution >= 4 is 0 Å². The van der Waals surface area contributed by atoms with Crippen LogP contribution in [0.15, 0.2) is 24.4 Å². The maximum atomic E-state index is 5.69. The molecule has 0 aliphatic carbocycles. The number of nitrogens with zero attached hydrogens (tertiary/aromatic N) is 2. The van der Waals surface area contributed by atoms with Gasteiger partial charge >= 0.3 is 0 Å². The molecule has 1 aromatic heterocycles. The monoisotopic (exact) mass is 179 g/mol. The minimum absolute atomic E-state index is 0.344. The van der Waals surface area contributed by atoms with Gasteiger partial charge in [0, 0.05) is 30.9 Å². The molecule has 0 saturated carbocycles. The topological polar surface area (TPSA) is 42.1 Å². The van der Waals surface area contributed by atoms with Crippen molar-refractivity contribution in [2.75, 3.05) is 27.2 Å². The van der Waals surface area contributed by atoms with Crippen LogP contribution < -0.4 is 5.73 Å². The van der Waals surface area contributed by atoms with Gasteiger partial charge in [0.2, 0.25) is 0 Å². The summed E-state index contributed by atoms with van der Waals surface area (Å²) in [7, 11) is 4.09. The molecule has 0 bridgehead atoms. The van der Waals surface area contributed by atoms with E-state index in [9.17, 15) is 0 Å². The van der Waals surface area contributed by atoms with Crippen LogP contribution in [0.5, 0.6) is 0 Å². The minimum atomic E-state index is 0.344. The summed E-state index contributed by atoms with van der Waals surface area (Å²) in [5.74, 6) is 0.344. The molecule has 1 atom stereocenters. The molecule has 0 saturated heterocycles. The van der Waals surface area contributed by atoms with Gasteiger partial charge in [0.15, 0.2) is 0 Å². The fraction of sp³-hybridized carbons (Fsp3) is 0.500. The van der Waals surface area contributed by atoms with Gasteiger partial charge in [0.1, 0.15) is 0 Å². The Labute approximate surface area is 79.6 Å². The minimum Gasteiger partial charge on any atom is -0.330 e. The highest BCUT2D eigenvalue weighted by Gasteiger charge is 2.10. The van der Waals surface area contributed by atoms with E-state index >= 15 is 0 Å². The molecule has 1 rings (SSSR count). The highest BCUT2D eigenvalue weighted by molar-refractivity contribution is 5.10. The maximum absolute atomic E-state index is 5.69. The predicted octanol–water partition coefficient (Wildman–Crippen LogP) is 0.685. The van der Waals surface area contributed by atoms with Crippen molar-refractivity contribution in [1.29, 1.82) is 0 Å². The van der Waals surface area contributed by atoms with E-state index in [4.69, 9.17) is 5.73 Å². The fourth-order valence-corrected chi connectivity index (χ4v) is 1.35. The van der Waals surface area contributed by atoms with Gasteiger partial charge in [-0.25, -0.2) is 0 Å². The Bertz CT molecular complexity index is 233. The standard InChI is InChI=1S/C10H17N3/c1-13(2)8-9(7-11)10-5-3-4-6-12-10/h3-6,9H,7-8,11H2,1-2H3. The lowest BCUT2D eigenvalue weighted by Gasteiger charge is -2.18. The van der Waals surface area contributed by atoms with E-state index in [0.717, 1.165) is 12.2 Å². The molecule has 2 N–H and O–H groups in total. The third-order valence-electron chi connectivity index (χ3n) is 1.98. The number of likely N-dealkylation sites (N-methyl/N-ethyl adjacent to an activating group) is 1. The van der Waals surface area contributed by atoms with Crippen molar-refractivity contribution in [3.8, 4) is 0 Å². The first-order chi connectivity index (χ1) is 6.24. The molecule has 0 aliphatic heterocycles. The van der Waals surface area contributed by atoms with Crippen molar-refractivity contribution in [2.45, 2.75) is 5.92 Å². The summed E-state index contributed by atoms with van der Waals surface area (Å²) in [4.78, 5) is 6.43. The third-order valence-corrected chi connectivity index (χ3v) is 1.98. The zero-order chi connectivity index (χ0) is 9.68. The molecule has 1 heterocycles. The highest BCUT2D eigenvalue weighted by atomic mass is 15.1. The molecule has 0 radical (unpaired) electrons. The summed E-state index contributed by atoms with van der Waals surface area (Å²) in [6.07, 6.45) is 1.81. The first kappa shape index (κ1) is 10.2. The van der Waals surface area contributed by atoms with Gasteiger partial charge in [-0.15, -0.1) is 0 Å². The van der Waals surface area contributed by atoms with E-state index in [2.05, 4.69) is 9.88 Å². The van der Waals surface area contributed by atoms with Crippen molar-refractivity contribution in [3.05, 3.63) is 30.1 Å². The molecule has 72 valence electrons. The van der Waals surface area contributed by atoms with Crippen molar-refractivity contribution < 1.29 is 0 Å². The lowest BCUT2D eigenvalue weighted by molar-refractivity contribution is 0.372. The van der Waals surface area contributed by atoms with Gasteiger partial charge < -0.3 is 10.6 Å². The Hall–Kier alpha value is -0.930. The molecular formula is C10H17N3. The number of hydrogen-bond acceptors (Lipinski definition) is 3. The second kappa shape index (κ2) is 4.94. The Kier molecular flexibility index (Phi) is 3.86. The van der Waals surface area contributed by atoms with E-state index in [1.54, 1.807) is 0 Å². The molecule has 0 fully saturated rings. The fourth-order valence-electron chi connectivity index (χ4n) is 1.35. The van der Waals surface area contributed by atoms with Crippen molar-refractivity contribution in [2.24, 2.45) is 5.73 Å². The zero-order valence-electron chi connectivity index (χ0n) is 8.27. The summed E-state index contributed by atoms with van der Waals surface area (Å²) in [5.41, 5.74) is 6.77. The lowest BCUT2D eigenvalue weighted by Crippen LogP contribution is -2.26. The van der Waals surface area contributed by atoms with E-state index in [1.807, 2.05) is 38.5 Å². The van der Waals surface area contributed by atoms with Crippen LogP contribution >= 0.6 is 0 Å². The van der Waals surface area contributed by atoms with Crippen LogP contribution in [0.1, 0.15) is 11.6 Å². The van der Waals surface area contributed by atoms with Gasteiger partial charge in [-0.05, 0) is 26.2 Å². The maximum Gasteiger partial charge on any atom is 0.0459 e. The number of aromatic nitrogens is 1. The molecule has 3 heteroatoms. The Morgan fingerprint density at radius 1 is 1.46 bits per heavy atom. The normalized spacial score (nSPS) is 13.2. The molecule has 0 amide bonds. The summed E-state index contributed by atoms with van der Waals surface area (Å²) < 4.78 is 0. The third kappa shape index (κ3) is 3.13. The second-order valence-electron chi connectivity index (χ2n) is 3.45. The number of hydrogen-bond donors (Lipinski definition) is 1. The quantitative estimate of drug-likeness (QED) is 0.739. The average Bonchev–Trinajstić information content (AvgIpc) is 2.15. The molecule has 1 aromatic rings. The van der Waals surface area contributed by atoms with Crippen LogP contribution in [0.25, 0.3) is 0 Å². The first-order valence-corrected chi connectivity index (χ1v) is 4.49. The molecule has 0 aliphatic rings. The second-order valence-corrected chi connectivity index (χ2v) is 3.45. The van der Waals surface area contributed by atoms with Gasteiger partial charge in [-0.3, -0.25) is 4.98 Å². The van der Waals surface area contributed by atoms with Gasteiger partial charge in [0.25, 0.3) is 0 Å². The largest absolute Gasteiger partial charge is 0.330 e. The van der Waals surface area contributed by atoms with Gasteiger partial charge in [-0.2, -0.15) is 0 Å². The van der Waals surface area contributed by atoms with Gasteiger partial charge in [-0.1, -0.05) is 6.07 Å². The smallest absolute Gasteiger partial charge is 0.0459 e. The van der Waals surface area contributed by atoms with Crippen molar-refractivity contribution in [3.63, 3.8) is 0 Å². The molecule has 0 spiro atoms. The SMILES string of the molecule is CN(C)CC(CN)c1ccccn1. The van der Waals surface area contributed by atoms with Gasteiger partial charge in [0.05, 0.1) is 0 Å². The summed E-state index contributed by atoms with van der Waals surface area (Å²) in [5, 5.41) is 0. The number of rotatable bonds is 4. The number of pyridine rings is 1. The highest BCUT2D eigenvalue weighted by Crippen LogP contribution is 2.11. The van der Waals surface area contributed by atoms with Crippen LogP contribution in [0.3, 0.4) is 0 Å². The van der Waals surface area contributed by atoms with E-state index in [-0.39, 0.29) is 0 Å². The van der Waals surface area contributed by atoms with Crippen LogP contribution in [0.4, 0.5) is 0 Å². The average molecular weight is 179 g/mol. The molecule has 0 aromatic carbocycles. The predicted molar refractivity (Wildman–Crippen MR) is 54.6 cm³/mol. The first-order valence-electron chi connectivity index (χ1n) is 4.49. The van der Waals surface area contributed by atoms with Crippen molar-refractivity contribution in [1.82, 2.24) is 9.88 Å². The van der Waals surface area contributed by atoms with Crippen LogP contribution in [0, 0.1) is 0 Å². The summed E-state index contributed by atoms with van der Waals surface area (Å²) in [6, 6.07) is 5.95. The van der Waals surface area contributed by atoms with E-state index < -0.39 is 0 Å². The van der Waals surface area contributed by atoms with Crippen LogP contribution in [-0.4, -0.2) is 37.1 Å². The van der Waals surface area contributed by atoms with E-state index in [0.29, 0.717) is 12.5 Å². The molecule has 13 heavy (non-hydrogen) atoms. The lowest BCUT2D eigenvalue weighted by atomic mass is 10.1. The molecular weight excluding hydrogens is 162 g/mol.